The van der Waals surface area contributed by atoms with E-state index in [1.54, 1.807) is 0 Å². The lowest BCUT2D eigenvalue weighted by atomic mass is 10.1. The first kappa shape index (κ1) is 17.4. The number of hydrogen-bond donors (Lipinski definition) is 0. The van der Waals surface area contributed by atoms with Gasteiger partial charge >= 0.3 is 0 Å². The van der Waals surface area contributed by atoms with Gasteiger partial charge in [-0.2, -0.15) is 0 Å². The Balaban J connectivity index is 1.71. The highest BCUT2D eigenvalue weighted by molar-refractivity contribution is 7.90. The monoisotopic (exact) mass is 352 g/mol. The summed E-state index contributed by atoms with van der Waals surface area (Å²) in [6.07, 6.45) is 1.62. The van der Waals surface area contributed by atoms with Crippen molar-refractivity contribution in [2.75, 3.05) is 38.2 Å². The Bertz CT molecular complexity index is 677. The number of carbonyl (C=O) groups excluding carboxylic acids is 1. The number of sulfone groups is 1. The SMILES string of the molecule is CS(=O)(=O)CCN1C[C@@H]2OCCC(=O)N(Cc3ccccc3)[C@H]2C1. The van der Waals surface area contributed by atoms with E-state index in [1.807, 2.05) is 35.2 Å². The molecule has 2 aliphatic heterocycles. The Hall–Kier alpha value is -1.44. The first-order valence-corrected chi connectivity index (χ1v) is 10.3. The molecule has 3 rings (SSSR count). The zero-order chi connectivity index (χ0) is 17.2. The number of carbonyl (C=O) groups is 1. The topological polar surface area (TPSA) is 66.9 Å². The van der Waals surface area contributed by atoms with Crippen molar-refractivity contribution >= 4 is 15.7 Å². The summed E-state index contributed by atoms with van der Waals surface area (Å²) in [5.41, 5.74) is 1.10. The van der Waals surface area contributed by atoms with E-state index in [0.717, 1.165) is 5.56 Å². The van der Waals surface area contributed by atoms with E-state index in [1.165, 1.54) is 6.26 Å². The van der Waals surface area contributed by atoms with Gasteiger partial charge in [0, 0.05) is 32.4 Å². The fraction of sp³-hybridized carbons (Fsp3) is 0.588. The highest BCUT2D eigenvalue weighted by Crippen LogP contribution is 2.25. The second-order valence-electron chi connectivity index (χ2n) is 6.62. The quantitative estimate of drug-likeness (QED) is 0.773. The first-order valence-electron chi connectivity index (χ1n) is 8.27. The predicted octanol–water partition coefficient (Wildman–Crippen LogP) is 0.533. The van der Waals surface area contributed by atoms with E-state index in [9.17, 15) is 13.2 Å². The summed E-state index contributed by atoms with van der Waals surface area (Å²) >= 11 is 0. The average Bonchev–Trinajstić information content (AvgIpc) is 2.88. The molecule has 6 nitrogen and oxygen atoms in total. The van der Waals surface area contributed by atoms with E-state index >= 15 is 0 Å². The summed E-state index contributed by atoms with van der Waals surface area (Å²) in [4.78, 5) is 16.5. The molecular weight excluding hydrogens is 328 g/mol. The Morgan fingerprint density at radius 2 is 1.96 bits per heavy atom. The van der Waals surface area contributed by atoms with E-state index in [-0.39, 0.29) is 23.8 Å². The summed E-state index contributed by atoms with van der Waals surface area (Å²) in [5.74, 6) is 0.246. The van der Waals surface area contributed by atoms with Crippen molar-refractivity contribution in [2.45, 2.75) is 25.1 Å². The molecule has 2 atom stereocenters. The Morgan fingerprint density at radius 1 is 1.21 bits per heavy atom. The molecule has 0 radical (unpaired) electrons. The molecule has 2 heterocycles. The number of benzene rings is 1. The molecule has 0 unspecified atom stereocenters. The van der Waals surface area contributed by atoms with Crippen LogP contribution in [-0.2, 0) is 25.9 Å². The van der Waals surface area contributed by atoms with Crippen molar-refractivity contribution in [1.82, 2.24) is 9.80 Å². The molecule has 0 N–H and O–H groups in total. The maximum Gasteiger partial charge on any atom is 0.225 e. The largest absolute Gasteiger partial charge is 0.374 e. The fourth-order valence-corrected chi connectivity index (χ4v) is 3.97. The maximum absolute atomic E-state index is 12.5. The van der Waals surface area contributed by atoms with E-state index < -0.39 is 9.84 Å². The molecule has 132 valence electrons. The molecule has 0 spiro atoms. The Morgan fingerprint density at radius 3 is 2.67 bits per heavy atom. The predicted molar refractivity (Wildman–Crippen MR) is 91.3 cm³/mol. The zero-order valence-electron chi connectivity index (χ0n) is 13.9. The number of likely N-dealkylation sites (tertiary alicyclic amines) is 1. The van der Waals surface area contributed by atoms with Gasteiger partial charge in [-0.1, -0.05) is 30.3 Å². The molecule has 7 heteroatoms. The number of rotatable bonds is 5. The van der Waals surface area contributed by atoms with Crippen LogP contribution >= 0.6 is 0 Å². The lowest BCUT2D eigenvalue weighted by molar-refractivity contribution is -0.133. The van der Waals surface area contributed by atoms with Gasteiger partial charge in [-0.15, -0.1) is 0 Å². The second kappa shape index (κ2) is 7.21. The third-order valence-electron chi connectivity index (χ3n) is 4.66. The standard InChI is InChI=1S/C17H24N2O4S/c1-24(21,22)10-8-18-12-15-16(13-18)23-9-7-17(20)19(15)11-14-5-3-2-4-6-14/h2-6,15-16H,7-13H2,1H3/t15-,16-/m0/s1. The minimum absolute atomic E-state index is 0.0141. The summed E-state index contributed by atoms with van der Waals surface area (Å²) in [6, 6.07) is 9.92. The Kier molecular flexibility index (Phi) is 5.22. The molecule has 0 saturated carbocycles. The fourth-order valence-electron chi connectivity index (χ4n) is 3.39. The van der Waals surface area contributed by atoms with Gasteiger partial charge in [-0.05, 0) is 5.56 Å². The minimum atomic E-state index is -2.99. The first-order chi connectivity index (χ1) is 11.4. The third kappa shape index (κ3) is 4.34. The van der Waals surface area contributed by atoms with Crippen LogP contribution in [0.1, 0.15) is 12.0 Å². The van der Waals surface area contributed by atoms with E-state index in [2.05, 4.69) is 4.90 Å². The molecule has 1 aromatic carbocycles. The van der Waals surface area contributed by atoms with Crippen LogP contribution in [0.2, 0.25) is 0 Å². The van der Waals surface area contributed by atoms with Crippen LogP contribution in [0.15, 0.2) is 30.3 Å². The summed E-state index contributed by atoms with van der Waals surface area (Å²) in [6.45, 7) is 2.84. The summed E-state index contributed by atoms with van der Waals surface area (Å²) in [7, 11) is -2.99. The van der Waals surface area contributed by atoms with Crippen LogP contribution in [0.25, 0.3) is 0 Å². The normalized spacial score (nSPS) is 25.5. The number of ether oxygens (including phenoxy) is 1. The molecule has 0 aromatic heterocycles. The molecule has 2 saturated heterocycles. The van der Waals surface area contributed by atoms with Gasteiger partial charge < -0.3 is 9.64 Å². The van der Waals surface area contributed by atoms with Crippen LogP contribution in [0.5, 0.6) is 0 Å². The van der Waals surface area contributed by atoms with Crippen LogP contribution in [0.3, 0.4) is 0 Å². The number of amides is 1. The summed E-state index contributed by atoms with van der Waals surface area (Å²) < 4.78 is 28.7. The molecule has 1 aromatic rings. The van der Waals surface area contributed by atoms with Crippen molar-refractivity contribution in [3.63, 3.8) is 0 Å². The molecule has 0 aliphatic carbocycles. The second-order valence-corrected chi connectivity index (χ2v) is 8.88. The molecule has 2 fully saturated rings. The van der Waals surface area contributed by atoms with E-state index in [0.29, 0.717) is 39.2 Å². The Labute approximate surface area is 143 Å². The maximum atomic E-state index is 12.5. The van der Waals surface area contributed by atoms with Gasteiger partial charge in [0.05, 0.1) is 30.9 Å². The highest BCUT2D eigenvalue weighted by Gasteiger charge is 2.41. The number of fused-ring (bicyclic) bond motifs is 1. The smallest absolute Gasteiger partial charge is 0.225 e. The lowest BCUT2D eigenvalue weighted by Gasteiger charge is -2.30. The molecule has 0 bridgehead atoms. The van der Waals surface area contributed by atoms with Gasteiger partial charge in [0.1, 0.15) is 9.84 Å². The highest BCUT2D eigenvalue weighted by atomic mass is 32.2. The zero-order valence-corrected chi connectivity index (χ0v) is 14.7. The van der Waals surface area contributed by atoms with Gasteiger partial charge in [0.15, 0.2) is 0 Å². The average molecular weight is 352 g/mol. The van der Waals surface area contributed by atoms with Gasteiger partial charge in [-0.25, -0.2) is 8.42 Å². The number of nitrogens with zero attached hydrogens (tertiary/aromatic N) is 2. The minimum Gasteiger partial charge on any atom is -0.374 e. The van der Waals surface area contributed by atoms with Crippen molar-refractivity contribution in [3.05, 3.63) is 35.9 Å². The third-order valence-corrected chi connectivity index (χ3v) is 5.58. The van der Waals surface area contributed by atoms with Crippen LogP contribution in [0.4, 0.5) is 0 Å². The van der Waals surface area contributed by atoms with Crippen LogP contribution < -0.4 is 0 Å². The molecular formula is C17H24N2O4S. The van der Waals surface area contributed by atoms with Crippen LogP contribution in [-0.4, -0.2) is 74.5 Å². The number of hydrogen-bond acceptors (Lipinski definition) is 5. The van der Waals surface area contributed by atoms with E-state index in [4.69, 9.17) is 4.74 Å². The van der Waals surface area contributed by atoms with Crippen molar-refractivity contribution < 1.29 is 17.9 Å². The van der Waals surface area contributed by atoms with Crippen molar-refractivity contribution in [1.29, 1.82) is 0 Å². The molecule has 24 heavy (non-hydrogen) atoms. The van der Waals surface area contributed by atoms with Crippen LogP contribution in [0, 0.1) is 0 Å². The van der Waals surface area contributed by atoms with Gasteiger partial charge in [0.25, 0.3) is 0 Å². The lowest BCUT2D eigenvalue weighted by Crippen LogP contribution is -2.45. The molecule has 1 amide bonds. The molecule has 2 aliphatic rings. The van der Waals surface area contributed by atoms with Crippen molar-refractivity contribution in [2.24, 2.45) is 0 Å². The van der Waals surface area contributed by atoms with Crippen molar-refractivity contribution in [3.8, 4) is 0 Å². The van der Waals surface area contributed by atoms with Gasteiger partial charge in [-0.3, -0.25) is 9.69 Å². The van der Waals surface area contributed by atoms with Gasteiger partial charge in [0.2, 0.25) is 5.91 Å². The summed E-state index contributed by atoms with van der Waals surface area (Å²) in [5, 5.41) is 0.